The van der Waals surface area contributed by atoms with Gasteiger partial charge >= 0.3 is 0 Å². The van der Waals surface area contributed by atoms with Crippen LogP contribution in [0, 0.1) is 0 Å². The molecule has 17 heavy (non-hydrogen) atoms. The zero-order chi connectivity index (χ0) is 12.8. The first-order chi connectivity index (χ1) is 8.02. The summed E-state index contributed by atoms with van der Waals surface area (Å²) in [6.45, 7) is 5.98. The van der Waals surface area contributed by atoms with Gasteiger partial charge in [-0.25, -0.2) is 0 Å². The third-order valence-electron chi connectivity index (χ3n) is 2.18. The largest absolute Gasteiger partial charge is 0.374 e. The van der Waals surface area contributed by atoms with Gasteiger partial charge in [0.25, 0.3) is 0 Å². The topological polar surface area (TPSA) is 80.9 Å². The molecule has 2 atom stereocenters. The number of nitrogens with one attached hydrogen (secondary N) is 1. The van der Waals surface area contributed by atoms with Crippen molar-refractivity contribution in [2.75, 3.05) is 5.73 Å². The number of hydrogen-bond acceptors (Lipinski definition) is 6. The summed E-state index contributed by atoms with van der Waals surface area (Å²) in [5, 5.41) is 10.8. The summed E-state index contributed by atoms with van der Waals surface area (Å²) in [5.41, 5.74) is 5.48. The van der Waals surface area contributed by atoms with Crippen molar-refractivity contribution in [2.45, 2.75) is 49.2 Å². The van der Waals surface area contributed by atoms with E-state index in [1.54, 1.807) is 0 Å². The van der Waals surface area contributed by atoms with Gasteiger partial charge in [0.05, 0.1) is 5.25 Å². The Morgan fingerprint density at radius 2 is 2.24 bits per heavy atom. The fourth-order valence-corrected chi connectivity index (χ4v) is 3.13. The Bertz CT molecular complexity index is 369. The summed E-state index contributed by atoms with van der Waals surface area (Å²) in [7, 11) is 0. The Morgan fingerprint density at radius 1 is 1.53 bits per heavy atom. The molecule has 1 aromatic rings. The van der Waals surface area contributed by atoms with E-state index in [1.165, 1.54) is 23.1 Å². The summed E-state index contributed by atoms with van der Waals surface area (Å²) < 4.78 is 0.730. The molecule has 1 heterocycles. The first kappa shape index (κ1) is 14.2. The molecule has 1 rings (SSSR count). The van der Waals surface area contributed by atoms with Crippen LogP contribution in [-0.4, -0.2) is 27.4 Å². The molecule has 0 aliphatic rings. The molecule has 1 amide bonds. The van der Waals surface area contributed by atoms with Crippen molar-refractivity contribution < 1.29 is 4.79 Å². The van der Waals surface area contributed by atoms with E-state index in [9.17, 15) is 4.79 Å². The Hall–Kier alpha value is -0.820. The SMILES string of the molecule is CCCC(C)NC(=O)C(C)Sc1nnc(N)s1. The minimum absolute atomic E-state index is 0.0321. The molecular formula is C10H18N4OS2. The Morgan fingerprint density at radius 3 is 2.76 bits per heavy atom. The van der Waals surface area contributed by atoms with E-state index in [-0.39, 0.29) is 17.2 Å². The van der Waals surface area contributed by atoms with Gasteiger partial charge < -0.3 is 11.1 Å². The van der Waals surface area contributed by atoms with Gasteiger partial charge in [0.2, 0.25) is 11.0 Å². The van der Waals surface area contributed by atoms with Crippen LogP contribution in [0.25, 0.3) is 0 Å². The lowest BCUT2D eigenvalue weighted by molar-refractivity contribution is -0.120. The van der Waals surface area contributed by atoms with Gasteiger partial charge in [-0.15, -0.1) is 10.2 Å². The van der Waals surface area contributed by atoms with E-state index in [0.717, 1.165) is 17.2 Å². The molecule has 0 aliphatic heterocycles. The van der Waals surface area contributed by atoms with Crippen LogP contribution >= 0.6 is 23.1 Å². The second kappa shape index (κ2) is 6.80. The van der Waals surface area contributed by atoms with Crippen LogP contribution in [0.15, 0.2) is 4.34 Å². The Kier molecular flexibility index (Phi) is 5.70. The molecule has 5 nitrogen and oxygen atoms in total. The molecule has 0 saturated carbocycles. The van der Waals surface area contributed by atoms with Crippen LogP contribution in [0.2, 0.25) is 0 Å². The van der Waals surface area contributed by atoms with E-state index in [4.69, 9.17) is 5.73 Å². The van der Waals surface area contributed by atoms with Crippen LogP contribution in [0.3, 0.4) is 0 Å². The maximum Gasteiger partial charge on any atom is 0.233 e. The number of amides is 1. The van der Waals surface area contributed by atoms with Crippen molar-refractivity contribution in [1.29, 1.82) is 0 Å². The first-order valence-corrected chi connectivity index (χ1v) is 7.28. The lowest BCUT2D eigenvalue weighted by atomic mass is 10.2. The van der Waals surface area contributed by atoms with E-state index >= 15 is 0 Å². The van der Waals surface area contributed by atoms with Crippen LogP contribution in [0.5, 0.6) is 0 Å². The standard InChI is InChI=1S/C10H18N4OS2/c1-4-5-6(2)12-8(15)7(3)16-10-14-13-9(11)17-10/h6-7H,4-5H2,1-3H3,(H2,11,13)(H,12,15). The zero-order valence-corrected chi connectivity index (χ0v) is 11.9. The lowest BCUT2D eigenvalue weighted by Crippen LogP contribution is -2.37. The van der Waals surface area contributed by atoms with Crippen molar-refractivity contribution in [3.63, 3.8) is 0 Å². The number of carbonyl (C=O) groups is 1. The maximum atomic E-state index is 11.8. The van der Waals surface area contributed by atoms with Gasteiger partial charge in [-0.2, -0.15) is 0 Å². The highest BCUT2D eigenvalue weighted by Gasteiger charge is 2.18. The molecule has 0 radical (unpaired) electrons. The number of anilines is 1. The summed E-state index contributed by atoms with van der Waals surface area (Å²) in [6, 6.07) is 0.218. The normalized spacial score (nSPS) is 14.3. The molecule has 2 unspecified atom stereocenters. The van der Waals surface area contributed by atoms with E-state index in [1.807, 2.05) is 13.8 Å². The Labute approximate surface area is 110 Å². The highest BCUT2D eigenvalue weighted by Crippen LogP contribution is 2.27. The van der Waals surface area contributed by atoms with Crippen molar-refractivity contribution in [1.82, 2.24) is 15.5 Å². The number of carbonyl (C=O) groups excluding carboxylic acids is 1. The average molecular weight is 274 g/mol. The summed E-state index contributed by atoms with van der Waals surface area (Å²) >= 11 is 2.69. The molecule has 0 aliphatic carbocycles. The summed E-state index contributed by atoms with van der Waals surface area (Å²) in [6.07, 6.45) is 2.06. The van der Waals surface area contributed by atoms with Gasteiger partial charge in [-0.1, -0.05) is 36.4 Å². The highest BCUT2D eigenvalue weighted by molar-refractivity contribution is 8.02. The number of nitrogens with zero attached hydrogens (tertiary/aromatic N) is 2. The quantitative estimate of drug-likeness (QED) is 0.774. The zero-order valence-electron chi connectivity index (χ0n) is 10.3. The second-order valence-electron chi connectivity index (χ2n) is 3.86. The monoisotopic (exact) mass is 274 g/mol. The number of hydrogen-bond donors (Lipinski definition) is 2. The smallest absolute Gasteiger partial charge is 0.233 e. The fraction of sp³-hybridized carbons (Fsp3) is 0.700. The molecule has 7 heteroatoms. The first-order valence-electron chi connectivity index (χ1n) is 5.59. The molecule has 0 aromatic carbocycles. The molecule has 96 valence electrons. The molecule has 1 aromatic heterocycles. The number of nitrogen functional groups attached to an aromatic ring is 1. The third-order valence-corrected chi connectivity index (χ3v) is 4.12. The molecule has 0 saturated heterocycles. The maximum absolute atomic E-state index is 11.8. The van der Waals surface area contributed by atoms with Gasteiger partial charge in [-0.3, -0.25) is 4.79 Å². The van der Waals surface area contributed by atoms with Crippen molar-refractivity contribution in [3.05, 3.63) is 0 Å². The number of rotatable bonds is 6. The van der Waals surface area contributed by atoms with Crippen LogP contribution < -0.4 is 11.1 Å². The highest BCUT2D eigenvalue weighted by atomic mass is 32.2. The van der Waals surface area contributed by atoms with Gasteiger partial charge in [0.15, 0.2) is 4.34 Å². The van der Waals surface area contributed by atoms with Crippen molar-refractivity contribution >= 4 is 34.1 Å². The number of nitrogens with two attached hydrogens (primary N) is 1. The van der Waals surface area contributed by atoms with E-state index < -0.39 is 0 Å². The fourth-order valence-electron chi connectivity index (χ4n) is 1.34. The molecule has 0 bridgehead atoms. The van der Waals surface area contributed by atoms with Crippen LogP contribution in [0.1, 0.15) is 33.6 Å². The van der Waals surface area contributed by atoms with E-state index in [0.29, 0.717) is 5.13 Å². The molecule has 0 fully saturated rings. The van der Waals surface area contributed by atoms with E-state index in [2.05, 4.69) is 22.4 Å². The predicted molar refractivity (Wildman–Crippen MR) is 72.2 cm³/mol. The molecule has 3 N–H and O–H groups in total. The number of thioether (sulfide) groups is 1. The lowest BCUT2D eigenvalue weighted by Gasteiger charge is -2.15. The minimum atomic E-state index is -0.179. The van der Waals surface area contributed by atoms with Gasteiger partial charge in [-0.05, 0) is 20.3 Å². The predicted octanol–water partition coefficient (Wildman–Crippen LogP) is 1.91. The number of aromatic nitrogens is 2. The van der Waals surface area contributed by atoms with Crippen molar-refractivity contribution in [2.24, 2.45) is 0 Å². The molecule has 0 spiro atoms. The van der Waals surface area contributed by atoms with Gasteiger partial charge in [0.1, 0.15) is 0 Å². The van der Waals surface area contributed by atoms with Crippen LogP contribution in [0.4, 0.5) is 5.13 Å². The summed E-state index contributed by atoms with van der Waals surface area (Å²) in [4.78, 5) is 11.8. The van der Waals surface area contributed by atoms with Crippen LogP contribution in [-0.2, 0) is 4.79 Å². The minimum Gasteiger partial charge on any atom is -0.374 e. The summed E-state index contributed by atoms with van der Waals surface area (Å²) in [5.74, 6) is 0.0321. The molecular weight excluding hydrogens is 256 g/mol. The average Bonchev–Trinajstić information content (AvgIpc) is 2.64. The van der Waals surface area contributed by atoms with Gasteiger partial charge in [0, 0.05) is 6.04 Å². The van der Waals surface area contributed by atoms with Crippen molar-refractivity contribution in [3.8, 4) is 0 Å². The third kappa shape index (κ3) is 4.91. The Balaban J connectivity index is 2.41. The second-order valence-corrected chi connectivity index (χ2v) is 6.46.